The van der Waals surface area contributed by atoms with Crippen molar-refractivity contribution in [2.24, 2.45) is 7.05 Å². The first-order valence-electron chi connectivity index (χ1n) is 5.61. The molecule has 0 fully saturated rings. The zero-order valence-electron chi connectivity index (χ0n) is 10.1. The summed E-state index contributed by atoms with van der Waals surface area (Å²) in [5, 5.41) is 7.94. The monoisotopic (exact) mass is 258 g/mol. The standard InChI is InChI=1S/C12H11FN6/c1-19-11-9(6-15-19)10(17-12(14)18-11)16-8-4-2-7(13)3-5-8/h2-6H,1H3,(H3,14,16,17,18). The first-order chi connectivity index (χ1) is 9.13. The Bertz CT molecular complexity index is 734. The van der Waals surface area contributed by atoms with Crippen LogP contribution in [0.25, 0.3) is 11.0 Å². The van der Waals surface area contributed by atoms with E-state index in [2.05, 4.69) is 20.4 Å². The van der Waals surface area contributed by atoms with Gasteiger partial charge in [0.15, 0.2) is 5.65 Å². The number of aromatic nitrogens is 4. The SMILES string of the molecule is Cn1ncc2c(Nc3ccc(F)cc3)nc(N)nc21. The van der Waals surface area contributed by atoms with Crippen molar-refractivity contribution < 1.29 is 4.39 Å². The van der Waals surface area contributed by atoms with Crippen molar-refractivity contribution in [2.45, 2.75) is 0 Å². The molecule has 7 heteroatoms. The van der Waals surface area contributed by atoms with Gasteiger partial charge in [-0.2, -0.15) is 15.1 Å². The van der Waals surface area contributed by atoms with Gasteiger partial charge in [0.2, 0.25) is 5.95 Å². The Morgan fingerprint density at radius 2 is 1.95 bits per heavy atom. The number of benzene rings is 1. The van der Waals surface area contributed by atoms with E-state index in [4.69, 9.17) is 5.73 Å². The van der Waals surface area contributed by atoms with Gasteiger partial charge in [-0.15, -0.1) is 0 Å². The van der Waals surface area contributed by atoms with Crippen molar-refractivity contribution in [1.82, 2.24) is 19.7 Å². The molecule has 0 saturated carbocycles. The zero-order valence-corrected chi connectivity index (χ0v) is 10.1. The molecule has 0 unspecified atom stereocenters. The van der Waals surface area contributed by atoms with Gasteiger partial charge in [-0.3, -0.25) is 4.68 Å². The van der Waals surface area contributed by atoms with Gasteiger partial charge < -0.3 is 11.1 Å². The van der Waals surface area contributed by atoms with Crippen LogP contribution in [0.3, 0.4) is 0 Å². The quantitative estimate of drug-likeness (QED) is 0.732. The predicted molar refractivity (Wildman–Crippen MR) is 70.4 cm³/mol. The van der Waals surface area contributed by atoms with Gasteiger partial charge in [0.1, 0.15) is 11.6 Å². The van der Waals surface area contributed by atoms with Crippen molar-refractivity contribution in [2.75, 3.05) is 11.1 Å². The van der Waals surface area contributed by atoms with E-state index >= 15 is 0 Å². The molecule has 3 rings (SSSR count). The summed E-state index contributed by atoms with van der Waals surface area (Å²) in [6.45, 7) is 0. The molecule has 0 bridgehead atoms. The molecule has 1 aromatic carbocycles. The number of hydrogen-bond acceptors (Lipinski definition) is 5. The van der Waals surface area contributed by atoms with Crippen LogP contribution in [0.15, 0.2) is 30.5 Å². The van der Waals surface area contributed by atoms with Gasteiger partial charge in [0.25, 0.3) is 0 Å². The van der Waals surface area contributed by atoms with Crippen molar-refractivity contribution in [3.05, 3.63) is 36.3 Å². The van der Waals surface area contributed by atoms with E-state index in [0.29, 0.717) is 17.2 Å². The number of nitrogens with one attached hydrogen (secondary N) is 1. The molecule has 19 heavy (non-hydrogen) atoms. The van der Waals surface area contributed by atoms with Crippen LogP contribution in [-0.4, -0.2) is 19.7 Å². The summed E-state index contributed by atoms with van der Waals surface area (Å²) in [5.74, 6) is 0.405. The lowest BCUT2D eigenvalue weighted by Crippen LogP contribution is -2.02. The fourth-order valence-electron chi connectivity index (χ4n) is 1.80. The van der Waals surface area contributed by atoms with E-state index in [-0.39, 0.29) is 11.8 Å². The van der Waals surface area contributed by atoms with Crippen LogP contribution in [0.5, 0.6) is 0 Å². The molecule has 2 heterocycles. The highest BCUT2D eigenvalue weighted by atomic mass is 19.1. The molecule has 3 aromatic rings. The first kappa shape index (κ1) is 11.4. The van der Waals surface area contributed by atoms with E-state index in [1.165, 1.54) is 12.1 Å². The number of anilines is 3. The molecule has 0 radical (unpaired) electrons. The molecule has 2 aromatic heterocycles. The molecular weight excluding hydrogens is 247 g/mol. The maximum atomic E-state index is 12.9. The lowest BCUT2D eigenvalue weighted by atomic mass is 10.3. The largest absolute Gasteiger partial charge is 0.368 e. The molecule has 0 aliphatic rings. The van der Waals surface area contributed by atoms with Crippen LogP contribution in [0.2, 0.25) is 0 Å². The summed E-state index contributed by atoms with van der Waals surface area (Å²) in [4.78, 5) is 8.26. The normalized spacial score (nSPS) is 10.8. The van der Waals surface area contributed by atoms with Gasteiger partial charge in [-0.05, 0) is 24.3 Å². The maximum absolute atomic E-state index is 12.9. The number of aryl methyl sites for hydroxylation is 1. The lowest BCUT2D eigenvalue weighted by molar-refractivity contribution is 0.628. The average Bonchev–Trinajstić information content (AvgIpc) is 2.74. The summed E-state index contributed by atoms with van der Waals surface area (Å²) in [5.41, 5.74) is 7.02. The molecule has 0 spiro atoms. The first-order valence-corrected chi connectivity index (χ1v) is 5.61. The number of hydrogen-bond donors (Lipinski definition) is 2. The van der Waals surface area contributed by atoms with E-state index in [9.17, 15) is 4.39 Å². The average molecular weight is 258 g/mol. The van der Waals surface area contributed by atoms with Gasteiger partial charge >= 0.3 is 0 Å². The highest BCUT2D eigenvalue weighted by Crippen LogP contribution is 2.23. The van der Waals surface area contributed by atoms with Gasteiger partial charge in [0, 0.05) is 12.7 Å². The topological polar surface area (TPSA) is 81.7 Å². The van der Waals surface area contributed by atoms with Crippen LogP contribution in [0.1, 0.15) is 0 Å². The number of fused-ring (bicyclic) bond motifs is 1. The summed E-state index contributed by atoms with van der Waals surface area (Å²) < 4.78 is 14.5. The highest BCUT2D eigenvalue weighted by molar-refractivity contribution is 5.89. The minimum atomic E-state index is -0.292. The number of nitrogens with two attached hydrogens (primary N) is 1. The number of nitrogens with zero attached hydrogens (tertiary/aromatic N) is 4. The second-order valence-corrected chi connectivity index (χ2v) is 4.07. The second kappa shape index (κ2) is 4.20. The van der Waals surface area contributed by atoms with Gasteiger partial charge in [-0.1, -0.05) is 0 Å². The number of nitrogen functional groups attached to an aromatic ring is 1. The Labute approximate surface area is 108 Å². The summed E-state index contributed by atoms with van der Waals surface area (Å²) in [6, 6.07) is 5.98. The minimum Gasteiger partial charge on any atom is -0.368 e. The molecule has 0 aliphatic heterocycles. The molecule has 0 aliphatic carbocycles. The van der Waals surface area contributed by atoms with Crippen LogP contribution in [0, 0.1) is 5.82 Å². The third-order valence-electron chi connectivity index (χ3n) is 2.72. The van der Waals surface area contributed by atoms with Crippen LogP contribution >= 0.6 is 0 Å². The minimum absolute atomic E-state index is 0.153. The summed E-state index contributed by atoms with van der Waals surface area (Å²) in [6.07, 6.45) is 1.65. The number of halogens is 1. The fourth-order valence-corrected chi connectivity index (χ4v) is 1.80. The molecule has 6 nitrogen and oxygen atoms in total. The summed E-state index contributed by atoms with van der Waals surface area (Å²) >= 11 is 0. The number of rotatable bonds is 2. The van der Waals surface area contributed by atoms with E-state index in [1.807, 2.05) is 0 Å². The predicted octanol–water partition coefficient (Wildman–Crippen LogP) is 1.83. The van der Waals surface area contributed by atoms with Crippen molar-refractivity contribution in [3.8, 4) is 0 Å². The van der Waals surface area contributed by atoms with E-state index in [1.54, 1.807) is 30.1 Å². The molecule has 0 saturated heterocycles. The maximum Gasteiger partial charge on any atom is 0.224 e. The molecule has 0 amide bonds. The summed E-state index contributed by atoms with van der Waals surface area (Å²) in [7, 11) is 1.77. The third kappa shape index (κ3) is 2.05. The third-order valence-corrected chi connectivity index (χ3v) is 2.72. The molecule has 3 N–H and O–H groups in total. The highest BCUT2D eigenvalue weighted by Gasteiger charge is 2.10. The fraction of sp³-hybridized carbons (Fsp3) is 0.0833. The zero-order chi connectivity index (χ0) is 13.4. The van der Waals surface area contributed by atoms with Gasteiger partial charge in [0.05, 0.1) is 11.6 Å². The van der Waals surface area contributed by atoms with Gasteiger partial charge in [-0.25, -0.2) is 4.39 Å². The molecule has 96 valence electrons. The smallest absolute Gasteiger partial charge is 0.224 e. The Balaban J connectivity index is 2.07. The second-order valence-electron chi connectivity index (χ2n) is 4.07. The lowest BCUT2D eigenvalue weighted by Gasteiger charge is -2.07. The van der Waals surface area contributed by atoms with Crippen molar-refractivity contribution in [3.63, 3.8) is 0 Å². The van der Waals surface area contributed by atoms with E-state index < -0.39 is 0 Å². The van der Waals surface area contributed by atoms with E-state index in [0.717, 1.165) is 5.39 Å². The van der Waals surface area contributed by atoms with Crippen LogP contribution in [-0.2, 0) is 7.05 Å². The molecule has 0 atom stereocenters. The van der Waals surface area contributed by atoms with Crippen LogP contribution in [0.4, 0.5) is 21.8 Å². The van der Waals surface area contributed by atoms with Crippen molar-refractivity contribution in [1.29, 1.82) is 0 Å². The Morgan fingerprint density at radius 1 is 1.21 bits per heavy atom. The Kier molecular flexibility index (Phi) is 2.52. The molecular formula is C12H11FN6. The van der Waals surface area contributed by atoms with Crippen LogP contribution < -0.4 is 11.1 Å². The Morgan fingerprint density at radius 3 is 2.68 bits per heavy atom. The van der Waals surface area contributed by atoms with Crippen molar-refractivity contribution >= 4 is 28.5 Å². The Hall–Kier alpha value is -2.70.